The van der Waals surface area contributed by atoms with E-state index in [0.717, 1.165) is 38.9 Å². The molecule has 3 aromatic heterocycles. The molecule has 25 heteroatoms. The van der Waals surface area contributed by atoms with Gasteiger partial charge in [0.1, 0.15) is 64.8 Å². The lowest BCUT2D eigenvalue weighted by atomic mass is 9.80. The van der Waals surface area contributed by atoms with Crippen molar-refractivity contribution in [3.05, 3.63) is 197 Å². The number of benzene rings is 6. The molecular weight excluding hydrogens is 1230 g/mol. The first-order valence-electron chi connectivity index (χ1n) is 27.3. The Balaban J connectivity index is 0.000000200. The number of aryl methyl sites for hydroxylation is 3. The lowest BCUT2D eigenvalue weighted by molar-refractivity contribution is -0.154. The van der Waals surface area contributed by atoms with Crippen molar-refractivity contribution in [2.75, 3.05) is 19.6 Å². The van der Waals surface area contributed by atoms with Gasteiger partial charge in [0.2, 0.25) is 0 Å². The quantitative estimate of drug-likeness (QED) is 0.0319. The fraction of sp³-hybridized carbons (Fsp3) is 0.215. The standard InChI is InChI=1S/C23H23NO6.C19H15NO6.C16H16BrNO6.C7H9BO2/c1-13-5-7-14(8-6-13)15-9-10-16-17(11-15)29-22(28)19(20(16)26)21(27)24-12-18(25)30-23(2,3)4;1-10-2-4-11(5-3-10)12-6-7-13-14(8-12)26-19(25)16(17(13)23)18(24)20-9-15(21)22;1-16(2,3)24-11(19)7-18-14(21)12-13(20)9-5-4-8(17)6-10(9)23-15(12)22;1-6-2-4-7(5-3-6)8(9)10/h5-11,26H,12H2,1-4H3,(H,24,27);2-8,23H,9H2,1H3,(H,20,24)(H,21,22);4-6,20H,7H2,1-3H3,(H,18,21);2-5,9-10H,1H3. The van der Waals surface area contributed by atoms with Crippen molar-refractivity contribution in [3.8, 4) is 39.5 Å². The Kier molecular flexibility index (Phi) is 22.6. The number of amides is 3. The molecule has 0 aliphatic carbocycles. The van der Waals surface area contributed by atoms with Crippen LogP contribution >= 0.6 is 15.9 Å². The van der Waals surface area contributed by atoms with Gasteiger partial charge in [0.05, 0.1) is 16.2 Å². The number of carboxylic acids is 1. The first-order chi connectivity index (χ1) is 42.2. The van der Waals surface area contributed by atoms with Gasteiger partial charge in [-0.3, -0.25) is 28.8 Å². The van der Waals surface area contributed by atoms with Crippen LogP contribution in [-0.2, 0) is 23.9 Å². The van der Waals surface area contributed by atoms with E-state index < -0.39 is 124 Å². The number of carbonyl (C=O) groups excluding carboxylic acids is 5. The number of rotatable bonds is 12. The number of aliphatic carboxylic acids is 1. The van der Waals surface area contributed by atoms with E-state index in [1.807, 2.05) is 86.8 Å². The number of nitrogens with one attached hydrogen (secondary N) is 3. The van der Waals surface area contributed by atoms with E-state index >= 15 is 0 Å². The molecule has 6 aromatic carbocycles. The summed E-state index contributed by atoms with van der Waals surface area (Å²) in [5.74, 6) is -7.00. The maximum atomic E-state index is 12.4. The van der Waals surface area contributed by atoms with Gasteiger partial charge < -0.3 is 69.1 Å². The van der Waals surface area contributed by atoms with Crippen LogP contribution in [0.1, 0.15) is 89.3 Å². The molecule has 9 N–H and O–H groups in total. The van der Waals surface area contributed by atoms with E-state index in [9.17, 15) is 58.5 Å². The molecule has 0 spiro atoms. The van der Waals surface area contributed by atoms with Gasteiger partial charge in [-0.05, 0) is 132 Å². The molecule has 0 saturated carbocycles. The number of carbonyl (C=O) groups is 6. The van der Waals surface area contributed by atoms with Gasteiger partial charge in [0.25, 0.3) is 17.7 Å². The Morgan fingerprint density at radius 3 is 1.08 bits per heavy atom. The van der Waals surface area contributed by atoms with Crippen LogP contribution in [0.3, 0.4) is 0 Å². The van der Waals surface area contributed by atoms with Gasteiger partial charge in [-0.15, -0.1) is 0 Å². The fourth-order valence-corrected chi connectivity index (χ4v) is 8.54. The Hall–Kier alpha value is -10.4. The molecular formula is C65H63BBrN3O20. The van der Waals surface area contributed by atoms with Crippen molar-refractivity contribution < 1.29 is 82.0 Å². The van der Waals surface area contributed by atoms with Crippen molar-refractivity contribution in [2.24, 2.45) is 0 Å². The zero-order chi connectivity index (χ0) is 66.5. The zero-order valence-corrected chi connectivity index (χ0v) is 51.7. The molecule has 9 rings (SSSR count). The highest BCUT2D eigenvalue weighted by molar-refractivity contribution is 9.10. The van der Waals surface area contributed by atoms with E-state index in [4.69, 9.17) is 37.9 Å². The summed E-state index contributed by atoms with van der Waals surface area (Å²) < 4.78 is 26.3. The van der Waals surface area contributed by atoms with Gasteiger partial charge in [-0.1, -0.05) is 118 Å². The minimum Gasteiger partial charge on any atom is -0.506 e. The van der Waals surface area contributed by atoms with Gasteiger partial charge in [0.15, 0.2) is 16.7 Å². The second kappa shape index (κ2) is 29.6. The van der Waals surface area contributed by atoms with Crippen LogP contribution in [-0.4, -0.2) is 104 Å². The molecule has 468 valence electrons. The predicted molar refractivity (Wildman–Crippen MR) is 338 cm³/mol. The van der Waals surface area contributed by atoms with Crippen LogP contribution < -0.4 is 38.3 Å². The first-order valence-corrected chi connectivity index (χ1v) is 28.1. The van der Waals surface area contributed by atoms with Gasteiger partial charge in [-0.2, -0.15) is 0 Å². The third-order valence-corrected chi connectivity index (χ3v) is 12.9. The Labute approximate surface area is 521 Å². The summed E-state index contributed by atoms with van der Waals surface area (Å²) in [6.45, 7) is 14.5. The van der Waals surface area contributed by atoms with E-state index in [-0.39, 0.29) is 32.9 Å². The third kappa shape index (κ3) is 18.8. The van der Waals surface area contributed by atoms with E-state index in [1.54, 1.807) is 90.1 Å². The minimum atomic E-state index is -1.35. The second-order valence-corrected chi connectivity index (χ2v) is 22.9. The van der Waals surface area contributed by atoms with E-state index in [1.165, 1.54) is 18.2 Å². The molecule has 0 radical (unpaired) electrons. The molecule has 0 saturated heterocycles. The average Bonchev–Trinajstić information content (AvgIpc) is 0.872. The molecule has 0 aliphatic heterocycles. The second-order valence-electron chi connectivity index (χ2n) is 22.0. The first kappa shape index (κ1) is 68.7. The van der Waals surface area contributed by atoms with Crippen molar-refractivity contribution >= 4 is 97.0 Å². The summed E-state index contributed by atoms with van der Waals surface area (Å²) in [6.07, 6.45) is 0. The molecule has 3 heterocycles. The Bertz CT molecular complexity index is 4350. The number of aromatic hydroxyl groups is 3. The largest absolute Gasteiger partial charge is 0.506 e. The van der Waals surface area contributed by atoms with Crippen molar-refractivity contribution in [1.82, 2.24) is 16.0 Å². The molecule has 23 nitrogen and oxygen atoms in total. The van der Waals surface area contributed by atoms with Crippen LogP contribution in [0, 0.1) is 20.8 Å². The highest BCUT2D eigenvalue weighted by atomic mass is 79.9. The number of hydrogen-bond donors (Lipinski definition) is 9. The van der Waals surface area contributed by atoms with Crippen molar-refractivity contribution in [3.63, 3.8) is 0 Å². The summed E-state index contributed by atoms with van der Waals surface area (Å²) in [5, 5.41) is 64.1. The summed E-state index contributed by atoms with van der Waals surface area (Å²) in [7, 11) is -1.35. The van der Waals surface area contributed by atoms with Crippen molar-refractivity contribution in [1.29, 1.82) is 0 Å². The highest BCUT2D eigenvalue weighted by Gasteiger charge is 2.26. The predicted octanol–water partition coefficient (Wildman–Crippen LogP) is 7.84. The van der Waals surface area contributed by atoms with Gasteiger partial charge in [-0.25, -0.2) is 14.4 Å². The summed E-state index contributed by atoms with van der Waals surface area (Å²) in [5.41, 5.74) is 1.50. The van der Waals surface area contributed by atoms with Crippen LogP contribution in [0.25, 0.3) is 55.2 Å². The fourth-order valence-electron chi connectivity index (χ4n) is 8.20. The van der Waals surface area contributed by atoms with Crippen molar-refractivity contribution in [2.45, 2.75) is 73.5 Å². The normalized spacial score (nSPS) is 10.9. The molecule has 0 aliphatic rings. The Morgan fingerprint density at radius 1 is 0.456 bits per heavy atom. The lowest BCUT2D eigenvalue weighted by Crippen LogP contribution is -2.36. The van der Waals surface area contributed by atoms with Gasteiger partial charge in [0, 0.05) is 4.47 Å². The van der Waals surface area contributed by atoms with Crippen LogP contribution in [0.4, 0.5) is 0 Å². The monoisotopic (exact) mass is 1300 g/mol. The maximum absolute atomic E-state index is 12.4. The molecule has 0 unspecified atom stereocenters. The van der Waals surface area contributed by atoms with Crippen LogP contribution in [0.15, 0.2) is 160 Å². The number of ether oxygens (including phenoxy) is 2. The molecule has 90 heavy (non-hydrogen) atoms. The highest BCUT2D eigenvalue weighted by Crippen LogP contribution is 2.33. The Morgan fingerprint density at radius 2 is 0.756 bits per heavy atom. The topological polar surface area (TPSA) is 369 Å². The molecule has 0 atom stereocenters. The smallest absolute Gasteiger partial charge is 0.488 e. The summed E-state index contributed by atoms with van der Waals surface area (Å²) >= 11 is 3.22. The minimum absolute atomic E-state index is 0.125. The van der Waals surface area contributed by atoms with Crippen LogP contribution in [0.2, 0.25) is 0 Å². The number of halogens is 1. The number of esters is 2. The van der Waals surface area contributed by atoms with Gasteiger partial charge >= 0.3 is 41.9 Å². The SMILES string of the molecule is CC(C)(C)OC(=O)CNC(=O)c1c(O)c2ccc(Br)cc2oc1=O.Cc1ccc(-c2ccc3c(O)c(C(=O)NCC(=O)O)c(=O)oc3c2)cc1.Cc1ccc(-c2ccc3c(O)c(C(=O)NCC(=O)OC(C)(C)C)c(=O)oc3c2)cc1.Cc1ccc(B(O)O)cc1. The number of carboxylic acid groups (broad SMARTS) is 1. The molecule has 0 bridgehead atoms. The summed E-state index contributed by atoms with van der Waals surface area (Å²) in [4.78, 5) is 107. The van der Waals surface area contributed by atoms with Crippen LogP contribution in [0.5, 0.6) is 17.2 Å². The zero-order valence-electron chi connectivity index (χ0n) is 50.1. The third-order valence-electron chi connectivity index (χ3n) is 12.5. The lowest BCUT2D eigenvalue weighted by Gasteiger charge is -2.19. The molecule has 9 aromatic rings. The maximum Gasteiger partial charge on any atom is 0.488 e. The molecule has 3 amide bonds. The van der Waals surface area contributed by atoms with E-state index in [0.29, 0.717) is 9.94 Å². The average molecular weight is 1300 g/mol. The van der Waals surface area contributed by atoms with E-state index in [2.05, 4.69) is 26.6 Å². The molecule has 0 fully saturated rings. The number of hydrogen-bond acceptors (Lipinski definition) is 19. The summed E-state index contributed by atoms with van der Waals surface area (Å²) in [6, 6.07) is 37.1. The number of fused-ring (bicyclic) bond motifs is 3.